The number of para-hydroxylation sites is 3. The van der Waals surface area contributed by atoms with Crippen LogP contribution in [-0.2, 0) is 0 Å². The predicted molar refractivity (Wildman–Crippen MR) is 250 cm³/mol. The Labute approximate surface area is 343 Å². The Kier molecular flexibility index (Phi) is 7.71. The average molecular weight is 751 g/mol. The Morgan fingerprint density at radius 3 is 1.78 bits per heavy atom. The molecular weight excluding hydrogens is 713 g/mol. The van der Waals surface area contributed by atoms with Crippen molar-refractivity contribution in [1.82, 2.24) is 9.55 Å². The zero-order chi connectivity index (χ0) is 38.9. The number of benzene rings is 9. The Morgan fingerprint density at radius 2 is 1.05 bits per heavy atom. The van der Waals surface area contributed by atoms with Gasteiger partial charge in [0.2, 0.25) is 0 Å². The Balaban J connectivity index is 1.00. The fourth-order valence-electron chi connectivity index (χ4n) is 9.61. The minimum atomic E-state index is 0.278. The van der Waals surface area contributed by atoms with Crippen LogP contribution in [0.3, 0.4) is 0 Å². The lowest BCUT2D eigenvalue weighted by molar-refractivity contribution is 0.783. The molecule has 0 radical (unpaired) electrons. The van der Waals surface area contributed by atoms with Crippen LogP contribution in [0.2, 0.25) is 0 Å². The van der Waals surface area contributed by atoms with Crippen molar-refractivity contribution in [3.63, 3.8) is 0 Å². The van der Waals surface area contributed by atoms with Gasteiger partial charge in [-0.3, -0.25) is 4.57 Å². The fraction of sp³-hybridized carbons (Fsp3) is 0.0351. The summed E-state index contributed by atoms with van der Waals surface area (Å²) in [6.45, 7) is 0. The summed E-state index contributed by atoms with van der Waals surface area (Å²) in [4.78, 5) is 5.17. The van der Waals surface area contributed by atoms with Crippen LogP contribution in [0.15, 0.2) is 218 Å². The third kappa shape index (κ3) is 5.60. The number of fused-ring (bicyclic) bond motifs is 6. The van der Waals surface area contributed by atoms with Crippen LogP contribution in [0.1, 0.15) is 17.8 Å². The molecule has 2 aliphatic carbocycles. The summed E-state index contributed by atoms with van der Waals surface area (Å²) >= 11 is 0. The molecule has 0 aliphatic heterocycles. The van der Waals surface area contributed by atoms with Gasteiger partial charge >= 0.3 is 0 Å². The van der Waals surface area contributed by atoms with Gasteiger partial charge in [-0.05, 0) is 131 Å². The molecule has 0 spiro atoms. The second kappa shape index (κ2) is 13.5. The van der Waals surface area contributed by atoms with E-state index < -0.39 is 0 Å². The molecule has 1 heterocycles. The predicted octanol–water partition coefficient (Wildman–Crippen LogP) is 15.0. The van der Waals surface area contributed by atoms with Gasteiger partial charge in [0.15, 0.2) is 0 Å². The molecular formula is C57H38N2. The highest BCUT2D eigenvalue weighted by Gasteiger charge is 2.24. The summed E-state index contributed by atoms with van der Waals surface area (Å²) < 4.78 is 2.29. The molecule has 59 heavy (non-hydrogen) atoms. The van der Waals surface area contributed by atoms with Crippen LogP contribution in [0.25, 0.3) is 93.2 Å². The molecule has 0 amide bonds. The molecule has 0 fully saturated rings. The van der Waals surface area contributed by atoms with E-state index in [0.29, 0.717) is 0 Å². The molecule has 2 aliphatic rings. The van der Waals surface area contributed by atoms with Crippen LogP contribution in [-0.4, -0.2) is 9.55 Å². The molecule has 9 aromatic carbocycles. The number of nitrogens with zero attached hydrogens (tertiary/aromatic N) is 2. The highest BCUT2D eigenvalue weighted by Crippen LogP contribution is 2.46. The first-order valence-electron chi connectivity index (χ1n) is 20.6. The van der Waals surface area contributed by atoms with Crippen LogP contribution in [0.5, 0.6) is 0 Å². The van der Waals surface area contributed by atoms with Crippen molar-refractivity contribution in [2.45, 2.75) is 6.42 Å². The SMILES string of the molecule is C1=CC2=CC(c3ccc4c(-c5ccc6ccccc6c5)c5ccccc5c(-c5ccc6ccccc6c5)c4c3)=CCC2C=C1c1nc2ccccc2n1-c1ccccc1. The molecule has 0 saturated heterocycles. The maximum Gasteiger partial charge on any atom is 0.145 e. The van der Waals surface area contributed by atoms with Gasteiger partial charge in [0.25, 0.3) is 0 Å². The van der Waals surface area contributed by atoms with Gasteiger partial charge in [-0.15, -0.1) is 0 Å². The molecule has 12 rings (SSSR count). The number of rotatable bonds is 5. The summed E-state index contributed by atoms with van der Waals surface area (Å²) in [5.41, 5.74) is 13.3. The Bertz CT molecular complexity index is 3460. The minimum Gasteiger partial charge on any atom is -0.292 e. The van der Waals surface area contributed by atoms with E-state index in [1.165, 1.54) is 82.1 Å². The summed E-state index contributed by atoms with van der Waals surface area (Å²) in [6.07, 6.45) is 12.8. The van der Waals surface area contributed by atoms with Crippen LogP contribution >= 0.6 is 0 Å². The first kappa shape index (κ1) is 33.6. The number of hydrogen-bond acceptors (Lipinski definition) is 1. The van der Waals surface area contributed by atoms with Gasteiger partial charge in [-0.2, -0.15) is 0 Å². The standard InChI is InChI=1S/C57H38N2/c1-2-16-48(17-3-1)59-54-21-11-10-20-53(54)58-57(59)47-29-26-41-32-42(24-25-43(41)35-47)44-30-31-51-52(36-44)56(46-28-23-38-13-5-7-15-40(38)34-46)50-19-9-8-18-49(50)55(51)45-27-22-37-12-4-6-14-39(37)33-45/h1-24,26-36,43H,25H2. The molecule has 0 bridgehead atoms. The van der Waals surface area contributed by atoms with Crippen molar-refractivity contribution in [1.29, 1.82) is 0 Å². The minimum absolute atomic E-state index is 0.278. The van der Waals surface area contributed by atoms with Crippen LogP contribution < -0.4 is 0 Å². The molecule has 0 saturated carbocycles. The molecule has 2 heteroatoms. The number of hydrogen-bond donors (Lipinski definition) is 0. The van der Waals surface area contributed by atoms with Gasteiger partial charge in [-0.1, -0.05) is 170 Å². The first-order chi connectivity index (χ1) is 29.2. The van der Waals surface area contributed by atoms with Gasteiger partial charge in [-0.25, -0.2) is 4.98 Å². The van der Waals surface area contributed by atoms with E-state index in [0.717, 1.165) is 34.5 Å². The largest absolute Gasteiger partial charge is 0.292 e. The summed E-state index contributed by atoms with van der Waals surface area (Å²) in [5.74, 6) is 1.26. The second-order valence-corrected chi connectivity index (χ2v) is 15.9. The average Bonchev–Trinajstić information content (AvgIpc) is 3.70. The van der Waals surface area contributed by atoms with E-state index in [1.54, 1.807) is 0 Å². The third-order valence-electron chi connectivity index (χ3n) is 12.4. The monoisotopic (exact) mass is 750 g/mol. The zero-order valence-corrected chi connectivity index (χ0v) is 32.4. The van der Waals surface area contributed by atoms with Gasteiger partial charge in [0.1, 0.15) is 5.82 Å². The highest BCUT2D eigenvalue weighted by atomic mass is 15.1. The van der Waals surface area contributed by atoms with E-state index in [-0.39, 0.29) is 5.92 Å². The quantitative estimate of drug-likeness (QED) is 0.160. The third-order valence-corrected chi connectivity index (χ3v) is 12.4. The van der Waals surface area contributed by atoms with Crippen molar-refractivity contribution in [3.8, 4) is 27.9 Å². The van der Waals surface area contributed by atoms with E-state index in [9.17, 15) is 0 Å². The zero-order valence-electron chi connectivity index (χ0n) is 32.4. The molecule has 0 N–H and O–H groups in total. The van der Waals surface area contributed by atoms with E-state index in [2.05, 4.69) is 217 Å². The number of imidazole rings is 1. The van der Waals surface area contributed by atoms with Crippen LogP contribution in [0.4, 0.5) is 0 Å². The molecule has 10 aromatic rings. The first-order valence-corrected chi connectivity index (χ1v) is 20.6. The number of allylic oxidation sites excluding steroid dienone is 8. The molecule has 276 valence electrons. The number of aromatic nitrogens is 2. The van der Waals surface area contributed by atoms with E-state index in [4.69, 9.17) is 4.98 Å². The normalized spacial score (nSPS) is 15.1. The topological polar surface area (TPSA) is 17.8 Å². The fourth-order valence-corrected chi connectivity index (χ4v) is 9.61. The molecule has 1 aromatic heterocycles. The van der Waals surface area contributed by atoms with Crippen molar-refractivity contribution in [3.05, 3.63) is 229 Å². The summed E-state index contributed by atoms with van der Waals surface area (Å²) in [7, 11) is 0. The smallest absolute Gasteiger partial charge is 0.145 e. The lowest BCUT2D eigenvalue weighted by Crippen LogP contribution is -2.09. The van der Waals surface area contributed by atoms with Crippen molar-refractivity contribution >= 4 is 65.3 Å². The Morgan fingerprint density at radius 1 is 0.458 bits per heavy atom. The molecule has 1 unspecified atom stereocenters. The summed E-state index contributed by atoms with van der Waals surface area (Å²) in [6, 6.07) is 66.4. The maximum absolute atomic E-state index is 5.17. The van der Waals surface area contributed by atoms with Crippen molar-refractivity contribution in [2.75, 3.05) is 0 Å². The van der Waals surface area contributed by atoms with Crippen LogP contribution in [0, 0.1) is 5.92 Å². The van der Waals surface area contributed by atoms with Gasteiger partial charge < -0.3 is 0 Å². The maximum atomic E-state index is 5.17. The van der Waals surface area contributed by atoms with Gasteiger partial charge in [0, 0.05) is 17.2 Å². The van der Waals surface area contributed by atoms with E-state index in [1.807, 2.05) is 0 Å². The Hall–Kier alpha value is -7.55. The van der Waals surface area contributed by atoms with Crippen molar-refractivity contribution < 1.29 is 0 Å². The van der Waals surface area contributed by atoms with Gasteiger partial charge in [0.05, 0.1) is 11.0 Å². The highest BCUT2D eigenvalue weighted by molar-refractivity contribution is 6.22. The second-order valence-electron chi connectivity index (χ2n) is 15.9. The van der Waals surface area contributed by atoms with E-state index >= 15 is 0 Å². The lowest BCUT2D eigenvalue weighted by atomic mass is 9.81. The molecule has 1 atom stereocenters. The lowest BCUT2D eigenvalue weighted by Gasteiger charge is -2.24. The van der Waals surface area contributed by atoms with Crippen molar-refractivity contribution in [2.24, 2.45) is 5.92 Å². The molecule has 2 nitrogen and oxygen atoms in total. The summed E-state index contributed by atoms with van der Waals surface area (Å²) in [5, 5.41) is 10.1.